The van der Waals surface area contributed by atoms with Crippen LogP contribution in [0.25, 0.3) is 0 Å². The third-order valence-electron chi connectivity index (χ3n) is 24.8. The van der Waals surface area contributed by atoms with Crippen molar-refractivity contribution in [2.75, 3.05) is 63.9 Å². The van der Waals surface area contributed by atoms with Gasteiger partial charge in [-0.3, -0.25) is 96.5 Å². The number of aliphatic hydroxyl groups excluding tert-OH is 1. The van der Waals surface area contributed by atoms with Crippen LogP contribution < -0.4 is 97.4 Å². The number of rotatable bonds is 38. The lowest BCUT2D eigenvalue weighted by molar-refractivity contribution is -0.148. The van der Waals surface area contributed by atoms with Crippen molar-refractivity contribution < 1.29 is 101 Å². The van der Waals surface area contributed by atoms with Gasteiger partial charge in [0.15, 0.2) is 5.96 Å². The van der Waals surface area contributed by atoms with E-state index in [0.29, 0.717) is 49.7 Å². The first-order chi connectivity index (χ1) is 66.2. The first kappa shape index (κ1) is 114. The van der Waals surface area contributed by atoms with Crippen molar-refractivity contribution in [1.82, 2.24) is 94.0 Å². The molecule has 139 heavy (non-hydrogen) atoms. The van der Waals surface area contributed by atoms with Crippen molar-refractivity contribution in [3.05, 3.63) is 70.7 Å². The number of aliphatic hydroxyl groups is 1. The summed E-state index contributed by atoms with van der Waals surface area (Å²) >= 11 is 6.54. The second-order valence-corrected chi connectivity index (χ2v) is 39.6. The van der Waals surface area contributed by atoms with Crippen molar-refractivity contribution in [2.24, 2.45) is 34.8 Å². The molecule has 18 amide bonds. The molecule has 5 saturated heterocycles. The number of nitrogens with one attached hydrogen (secondary N) is 15. The summed E-state index contributed by atoms with van der Waals surface area (Å²) in [7, 11) is 1.93. The molecule has 25 N–H and O–H groups in total. The Morgan fingerprint density at radius 1 is 0.554 bits per heavy atom. The average Bonchev–Trinajstić information content (AvgIpc) is 1.67. The van der Waals surface area contributed by atoms with Crippen LogP contribution in [-0.2, 0) is 104 Å². The van der Waals surface area contributed by atoms with Crippen LogP contribution >= 0.6 is 33.2 Å². The van der Waals surface area contributed by atoms with Gasteiger partial charge in [0, 0.05) is 75.4 Å². The van der Waals surface area contributed by atoms with Gasteiger partial charge in [0.2, 0.25) is 106 Å². The van der Waals surface area contributed by atoms with Crippen molar-refractivity contribution in [3.63, 3.8) is 0 Å². The number of likely N-dealkylation sites (tertiary alicyclic amines) is 3. The highest BCUT2D eigenvalue weighted by Gasteiger charge is 2.47. The molecule has 44 nitrogen and oxygen atoms in total. The van der Waals surface area contributed by atoms with Crippen LogP contribution in [-0.4, -0.2) is 315 Å². The molecule has 0 aliphatic carbocycles. The normalized spacial score (nSPS) is 24.2. The number of halogens is 1. The topological polar surface area (TPSA) is 674 Å². The Balaban J connectivity index is 1.34. The molecule has 0 aromatic heterocycles. The summed E-state index contributed by atoms with van der Waals surface area (Å²) in [5, 5.41) is 66.2. The monoisotopic (exact) mass is 2000 g/mol. The highest BCUT2D eigenvalue weighted by molar-refractivity contribution is 8.76. The van der Waals surface area contributed by atoms with E-state index in [1.807, 2.05) is 6.92 Å². The van der Waals surface area contributed by atoms with E-state index in [9.17, 15) is 67.7 Å². The zero-order chi connectivity index (χ0) is 102. The number of carbonyl (C=O) groups is 19. The van der Waals surface area contributed by atoms with Gasteiger partial charge < -0.3 is 127 Å². The molecular formula is C92H142ClN23O21S2. The third-order valence-corrected chi connectivity index (χ3v) is 27.4. The van der Waals surface area contributed by atoms with Gasteiger partial charge in [0.1, 0.15) is 103 Å². The van der Waals surface area contributed by atoms with Gasteiger partial charge >= 0.3 is 5.97 Å². The lowest BCUT2D eigenvalue weighted by Gasteiger charge is -2.33. The van der Waals surface area contributed by atoms with E-state index < -0.39 is 252 Å². The van der Waals surface area contributed by atoms with E-state index in [2.05, 4.69) is 74.4 Å². The van der Waals surface area contributed by atoms with Gasteiger partial charge in [-0.15, -0.1) is 0 Å². The standard InChI is InChI=1S/C92H142ClN23O21S2/c1-8-9-26-62-88(134)113-40-18-30-69(113)85(131)100-53(6)76(122)111-67(49-117)83(129)109-65(47-55-22-11-10-12-23-55)82(128)112-68(84(130)107-63(27-13-14-37-94)89(135)116-43-21-33-72(116)90(136)114-41-19-31-70(114)86(132)102-58(75(96)121)34-35-73(119)120)50-139-138-44-36-61(79(125)108-64(45-51(2)3)80(126)104-60(29-17-39-99-92(97)98)77(123)103-59(28-16-38-95)78(124)106-62)105-81(127)66(48-56-24-15-25-57(93)46-56)110-87(133)71-32-20-42-115(71)91(137)74(52(4)5)101-54(7)118/h10-12,15,22-25,46,51-53,58-72,74,117H,8-9,13-14,16-21,26-45,47-50,94-95H2,1-7H3,(H2,96,121)(H,100,131)(H,101,118)(H,102,132)(H,103,123)(H,104,126)(H,105,127)(H,106,124)(H,107,130)(H,108,125)(H,109,129)(H,110,133)(H,111,122)(H,112,128)(H,119,120)(H4,97,98,99)/t53-,58-,59-,60-,61?,62-,63?,64-,65-,66-,67-,68-,69-,70-,71-,72-,74-/m0/s1. The Morgan fingerprint density at radius 2 is 1.11 bits per heavy atom. The molecule has 0 radical (unpaired) electrons. The molecule has 5 fully saturated rings. The molecule has 770 valence electrons. The number of guanidine groups is 1. The first-order valence-corrected chi connectivity index (χ1v) is 50.8. The number of nitrogens with zero attached hydrogens (tertiary/aromatic N) is 4. The second-order valence-electron chi connectivity index (χ2n) is 36.5. The van der Waals surface area contributed by atoms with E-state index in [1.165, 1.54) is 33.4 Å². The Kier molecular flexibility index (Phi) is 47.7. The summed E-state index contributed by atoms with van der Waals surface area (Å²) in [6, 6.07) is -9.72. The number of unbranched alkanes of at least 4 members (excludes halogenated alkanes) is 2. The zero-order valence-electron chi connectivity index (χ0n) is 80.2. The molecule has 17 atom stereocenters. The molecule has 5 aliphatic rings. The Bertz CT molecular complexity index is 4610. The number of carboxylic acid groups (broad SMARTS) is 1. The maximum Gasteiger partial charge on any atom is 0.303 e. The number of primary amides is 1. The van der Waals surface area contributed by atoms with Crippen LogP contribution in [0.5, 0.6) is 0 Å². The Labute approximate surface area is 822 Å². The van der Waals surface area contributed by atoms with Gasteiger partial charge in [0.05, 0.1) is 6.61 Å². The van der Waals surface area contributed by atoms with Crippen LogP contribution in [0.15, 0.2) is 54.6 Å². The largest absolute Gasteiger partial charge is 0.481 e. The van der Waals surface area contributed by atoms with Crippen molar-refractivity contribution in [1.29, 1.82) is 5.41 Å². The molecule has 7 rings (SSSR count). The summed E-state index contributed by atoms with van der Waals surface area (Å²) in [4.78, 5) is 281. The molecule has 0 saturated carbocycles. The van der Waals surface area contributed by atoms with Crippen LogP contribution in [0.3, 0.4) is 0 Å². The lowest BCUT2D eigenvalue weighted by atomic mass is 10.0. The molecule has 2 unspecified atom stereocenters. The molecular weight excluding hydrogens is 1860 g/mol. The summed E-state index contributed by atoms with van der Waals surface area (Å²) in [5.74, 6) is -18.3. The maximum atomic E-state index is 15.7. The summed E-state index contributed by atoms with van der Waals surface area (Å²) in [6.45, 7) is 10.6. The molecule has 5 heterocycles. The fraction of sp³-hybridized carbons (Fsp3) is 0.652. The second kappa shape index (κ2) is 57.9. The summed E-state index contributed by atoms with van der Waals surface area (Å²) < 4.78 is 0. The van der Waals surface area contributed by atoms with Crippen LogP contribution in [0.1, 0.15) is 201 Å². The van der Waals surface area contributed by atoms with Crippen LogP contribution in [0.4, 0.5) is 0 Å². The number of fused-ring (bicyclic) bond motifs is 1. The van der Waals surface area contributed by atoms with Crippen LogP contribution in [0, 0.1) is 17.2 Å². The smallest absolute Gasteiger partial charge is 0.303 e. The van der Waals surface area contributed by atoms with Crippen LogP contribution in [0.2, 0.25) is 5.02 Å². The van der Waals surface area contributed by atoms with Gasteiger partial charge in [-0.05, 0) is 177 Å². The number of benzene rings is 2. The van der Waals surface area contributed by atoms with E-state index >= 15 is 33.6 Å². The quantitative estimate of drug-likeness (QED) is 0.0144. The molecule has 2 aromatic carbocycles. The number of carbonyl (C=O) groups excluding carboxylic acids is 18. The van der Waals surface area contributed by atoms with E-state index in [1.54, 1.807) is 82.3 Å². The lowest BCUT2D eigenvalue weighted by Crippen LogP contribution is -2.61. The van der Waals surface area contributed by atoms with E-state index in [4.69, 9.17) is 39.9 Å². The number of nitrogens with two attached hydrogens (primary N) is 4. The summed E-state index contributed by atoms with van der Waals surface area (Å²) in [6.07, 6.45) is 1.20. The highest BCUT2D eigenvalue weighted by atomic mass is 35.5. The minimum absolute atomic E-state index is 0.00564. The molecule has 5 aliphatic heterocycles. The average molecular weight is 2010 g/mol. The maximum absolute atomic E-state index is 15.7. The number of hydrogen-bond acceptors (Lipinski definition) is 25. The molecule has 0 bridgehead atoms. The summed E-state index contributed by atoms with van der Waals surface area (Å²) in [5.41, 5.74) is 24.1. The first-order valence-electron chi connectivity index (χ1n) is 48.0. The number of aliphatic carboxylic acids is 1. The van der Waals surface area contributed by atoms with Gasteiger partial charge in [-0.25, -0.2) is 0 Å². The predicted octanol–water partition coefficient (Wildman–Crippen LogP) is -2.42. The van der Waals surface area contributed by atoms with Gasteiger partial charge in [-0.1, -0.05) is 123 Å². The fourth-order valence-electron chi connectivity index (χ4n) is 17.3. The SMILES string of the molecule is CCCC[C@@H]1NC(=O)[C@H](CCCN)NC(=O)[C@H](CCCNC(=N)N)NC(=O)[C@H](CC(C)C)NC(=O)C(NC(=O)[C@H](Cc2cccc(Cl)c2)NC(=O)[C@@H]2CCCN2C(=O)[C@@H](NC(C)=O)C(C)C)CCSSC[C@@H](C(=O)NC(CCCCN)C(=O)N2CCC[C@H]2C(=O)N2CCC[C@H]2C(=O)N[C@@H](CCC(=O)O)C(N)=O)NC(=O)[C@H](Cc2ccccc2)NC(=O)[C@H](CO)NC(=O)[C@H](C)NC(=O)[C@@H]2CCCN2C1=O. The fourth-order valence-corrected chi connectivity index (χ4v) is 19.8. The highest BCUT2D eigenvalue weighted by Crippen LogP contribution is 2.30. The van der Waals surface area contributed by atoms with E-state index in [-0.39, 0.29) is 166 Å². The Morgan fingerprint density at radius 3 is 1.71 bits per heavy atom. The predicted molar refractivity (Wildman–Crippen MR) is 518 cm³/mol. The number of carboxylic acids is 1. The third kappa shape index (κ3) is 36.0. The molecule has 47 heteroatoms. The van der Waals surface area contributed by atoms with Crippen molar-refractivity contribution in [3.8, 4) is 0 Å². The Hall–Kier alpha value is -11.5. The van der Waals surface area contributed by atoms with Crippen molar-refractivity contribution >= 4 is 151 Å². The van der Waals surface area contributed by atoms with Crippen molar-refractivity contribution in [2.45, 2.75) is 305 Å². The van der Waals surface area contributed by atoms with Gasteiger partial charge in [-0.2, -0.15) is 0 Å². The number of hydrogen-bond donors (Lipinski definition) is 21. The number of amides is 18. The zero-order valence-corrected chi connectivity index (χ0v) is 82.5. The minimum Gasteiger partial charge on any atom is -0.481 e. The van der Waals surface area contributed by atoms with Gasteiger partial charge in [0.25, 0.3) is 0 Å². The molecule has 0 spiro atoms. The minimum atomic E-state index is -1.84. The molecule has 2 aromatic rings. The van der Waals surface area contributed by atoms with E-state index in [0.717, 1.165) is 21.6 Å².